The zero-order valence-corrected chi connectivity index (χ0v) is 22.0. The van der Waals surface area contributed by atoms with E-state index in [1.807, 2.05) is 41.1 Å². The van der Waals surface area contributed by atoms with E-state index >= 15 is 4.39 Å². The van der Waals surface area contributed by atoms with Crippen LogP contribution < -0.4 is 10.3 Å². The summed E-state index contributed by atoms with van der Waals surface area (Å²) in [5.41, 5.74) is 3.91. The van der Waals surface area contributed by atoms with Crippen LogP contribution in [0.4, 0.5) is 4.39 Å². The monoisotopic (exact) mass is 538 g/mol. The number of thiophene rings is 1. The second-order valence-corrected chi connectivity index (χ2v) is 9.95. The fourth-order valence-electron chi connectivity index (χ4n) is 4.68. The zero-order valence-electron chi connectivity index (χ0n) is 21.1. The van der Waals surface area contributed by atoms with Crippen LogP contribution in [0.5, 0.6) is 11.5 Å². The van der Waals surface area contributed by atoms with Crippen LogP contribution in [0.25, 0.3) is 28.0 Å². The van der Waals surface area contributed by atoms with Crippen LogP contribution in [0, 0.1) is 12.7 Å². The number of hydrogen-bond acceptors (Lipinski definition) is 5. The molecule has 0 bridgehead atoms. The lowest BCUT2D eigenvalue weighted by molar-refractivity contribution is 0.0991. The number of H-pyrrole nitrogens is 1. The van der Waals surface area contributed by atoms with E-state index in [1.54, 1.807) is 60.5 Å². The van der Waals surface area contributed by atoms with E-state index in [4.69, 9.17) is 4.74 Å². The molecule has 0 aliphatic rings. The fraction of sp³-hybridized carbons (Fsp3) is 0.100. The number of benzene rings is 2. The van der Waals surface area contributed by atoms with E-state index in [-0.39, 0.29) is 23.5 Å². The smallest absolute Gasteiger partial charge is 0.282 e. The molecule has 6 rings (SSSR count). The second kappa shape index (κ2) is 9.85. The average Bonchev–Trinajstić information content (AvgIpc) is 3.65. The highest BCUT2D eigenvalue weighted by Gasteiger charge is 2.23. The Balaban J connectivity index is 1.25. The van der Waals surface area contributed by atoms with Crippen molar-refractivity contribution in [1.82, 2.24) is 19.3 Å². The van der Waals surface area contributed by atoms with Crippen LogP contribution in [0.2, 0.25) is 0 Å². The molecule has 0 radical (unpaired) electrons. The Morgan fingerprint density at radius 1 is 1.08 bits per heavy atom. The lowest BCUT2D eigenvalue weighted by atomic mass is 10.0. The summed E-state index contributed by atoms with van der Waals surface area (Å²) < 4.78 is 24.2. The van der Waals surface area contributed by atoms with Gasteiger partial charge in [0.2, 0.25) is 0 Å². The minimum absolute atomic E-state index is 0.0271. The lowest BCUT2D eigenvalue weighted by Crippen LogP contribution is -2.23. The molecule has 0 amide bonds. The lowest BCUT2D eigenvalue weighted by Gasteiger charge is -2.09. The Morgan fingerprint density at radius 3 is 2.64 bits per heavy atom. The third-order valence-electron chi connectivity index (χ3n) is 6.74. The summed E-state index contributed by atoms with van der Waals surface area (Å²) in [6.45, 7) is 1.73. The van der Waals surface area contributed by atoms with Gasteiger partial charge in [0.05, 0.1) is 11.1 Å². The summed E-state index contributed by atoms with van der Waals surface area (Å²) in [6.07, 6.45) is 1.48. The number of ketones is 1. The summed E-state index contributed by atoms with van der Waals surface area (Å²) in [4.78, 5) is 34.0. The standard InChI is InChI=1S/C30H23FN4O3S/c1-18-28(30(37)35(34(18)2)21-6-4-3-5-7-21)25(36)15-19-8-9-27(23(31)14-19)38-26-10-12-32-29-22(26)16-24(33-29)20-11-13-39-17-20/h3-14,16-17H,15H2,1-2H3,(H,32,33). The van der Waals surface area contributed by atoms with Gasteiger partial charge in [-0.25, -0.2) is 14.1 Å². The molecule has 2 aromatic carbocycles. The average molecular weight is 539 g/mol. The molecule has 7 nitrogen and oxygen atoms in total. The van der Waals surface area contributed by atoms with Gasteiger partial charge in [-0.3, -0.25) is 14.3 Å². The topological polar surface area (TPSA) is 81.9 Å². The maximum atomic E-state index is 15.1. The summed E-state index contributed by atoms with van der Waals surface area (Å²) >= 11 is 1.59. The molecule has 6 aromatic rings. The number of carbonyl (C=O) groups excluding carboxylic acids is 1. The highest BCUT2D eigenvalue weighted by Crippen LogP contribution is 2.34. The number of hydrogen-bond donors (Lipinski definition) is 1. The van der Waals surface area contributed by atoms with Gasteiger partial charge in [-0.1, -0.05) is 24.3 Å². The van der Waals surface area contributed by atoms with Gasteiger partial charge in [-0.05, 0) is 60.3 Å². The molecule has 1 N–H and O–H groups in total. The third-order valence-corrected chi connectivity index (χ3v) is 7.42. The van der Waals surface area contributed by atoms with Crippen molar-refractivity contribution < 1.29 is 13.9 Å². The number of para-hydroxylation sites is 1. The van der Waals surface area contributed by atoms with Crippen molar-refractivity contribution in [2.45, 2.75) is 13.3 Å². The molecule has 0 saturated heterocycles. The summed E-state index contributed by atoms with van der Waals surface area (Å²) in [7, 11) is 1.73. The maximum Gasteiger partial charge on any atom is 0.282 e. The predicted octanol–water partition coefficient (Wildman–Crippen LogP) is 6.45. The first kappa shape index (κ1) is 24.6. The number of aromatic amines is 1. The SMILES string of the molecule is Cc1c(C(=O)Cc2ccc(Oc3ccnc4[nH]c(-c5ccsc5)cc34)c(F)c2)c(=O)n(-c2ccccc2)n1C. The van der Waals surface area contributed by atoms with Gasteiger partial charge in [0.25, 0.3) is 5.56 Å². The molecule has 0 fully saturated rings. The highest BCUT2D eigenvalue weighted by atomic mass is 32.1. The molecule has 39 heavy (non-hydrogen) atoms. The van der Waals surface area contributed by atoms with E-state index in [1.165, 1.54) is 16.8 Å². The number of fused-ring (bicyclic) bond motifs is 1. The van der Waals surface area contributed by atoms with Crippen LogP contribution >= 0.6 is 11.3 Å². The fourth-order valence-corrected chi connectivity index (χ4v) is 5.34. The van der Waals surface area contributed by atoms with E-state index in [0.717, 1.165) is 16.6 Å². The van der Waals surface area contributed by atoms with Crippen LogP contribution in [-0.2, 0) is 13.5 Å². The Morgan fingerprint density at radius 2 is 1.90 bits per heavy atom. The number of rotatable bonds is 7. The Labute approximate surface area is 226 Å². The van der Waals surface area contributed by atoms with Crippen LogP contribution in [0.3, 0.4) is 0 Å². The number of ether oxygens (including phenoxy) is 1. The minimum Gasteiger partial charge on any atom is -0.453 e. The Bertz CT molecular complexity index is 1890. The summed E-state index contributed by atoms with van der Waals surface area (Å²) in [5.74, 6) is -0.494. The molecular formula is C30H23FN4O3S. The van der Waals surface area contributed by atoms with Crippen molar-refractivity contribution in [2.24, 2.45) is 7.05 Å². The van der Waals surface area contributed by atoms with Crippen molar-refractivity contribution in [2.75, 3.05) is 0 Å². The molecule has 0 spiro atoms. The third kappa shape index (κ3) is 4.46. The first-order valence-electron chi connectivity index (χ1n) is 12.2. The van der Waals surface area contributed by atoms with Crippen molar-refractivity contribution in [3.63, 3.8) is 0 Å². The largest absolute Gasteiger partial charge is 0.453 e. The highest BCUT2D eigenvalue weighted by molar-refractivity contribution is 7.08. The number of Topliss-reactive ketones (excluding diaryl/α,β-unsaturated/α-hetero) is 1. The van der Waals surface area contributed by atoms with Gasteiger partial charge < -0.3 is 9.72 Å². The maximum absolute atomic E-state index is 15.1. The molecule has 4 aromatic heterocycles. The van der Waals surface area contributed by atoms with Crippen molar-refractivity contribution >= 4 is 28.2 Å². The summed E-state index contributed by atoms with van der Waals surface area (Å²) in [5, 5.41) is 4.75. The van der Waals surface area contributed by atoms with Crippen molar-refractivity contribution in [1.29, 1.82) is 0 Å². The van der Waals surface area contributed by atoms with Crippen LogP contribution in [0.1, 0.15) is 21.6 Å². The Kier molecular flexibility index (Phi) is 6.20. The normalized spacial score (nSPS) is 11.3. The van der Waals surface area contributed by atoms with Crippen molar-refractivity contribution in [3.05, 3.63) is 117 Å². The van der Waals surface area contributed by atoms with Gasteiger partial charge in [0.1, 0.15) is 17.0 Å². The number of nitrogens with one attached hydrogen (secondary N) is 1. The first-order chi connectivity index (χ1) is 18.9. The van der Waals surface area contributed by atoms with E-state index in [9.17, 15) is 9.59 Å². The molecule has 0 unspecified atom stereocenters. The molecule has 194 valence electrons. The predicted molar refractivity (Wildman–Crippen MR) is 150 cm³/mol. The zero-order chi connectivity index (χ0) is 27.1. The number of nitrogens with zero attached hydrogens (tertiary/aromatic N) is 3. The molecule has 0 atom stereocenters. The number of carbonyl (C=O) groups is 1. The quantitative estimate of drug-likeness (QED) is 0.237. The van der Waals surface area contributed by atoms with Crippen LogP contribution in [-0.4, -0.2) is 25.1 Å². The van der Waals surface area contributed by atoms with Gasteiger partial charge >= 0.3 is 0 Å². The van der Waals surface area contributed by atoms with Gasteiger partial charge in [-0.2, -0.15) is 11.3 Å². The van der Waals surface area contributed by atoms with E-state index in [2.05, 4.69) is 9.97 Å². The molecule has 4 heterocycles. The van der Waals surface area contributed by atoms with Gasteiger partial charge in [0, 0.05) is 42.0 Å². The summed E-state index contributed by atoms with van der Waals surface area (Å²) in [6, 6.07) is 19.1. The van der Waals surface area contributed by atoms with Crippen molar-refractivity contribution in [3.8, 4) is 28.4 Å². The van der Waals surface area contributed by atoms with Gasteiger partial charge in [-0.15, -0.1) is 0 Å². The second-order valence-electron chi connectivity index (χ2n) is 9.17. The number of pyridine rings is 1. The minimum atomic E-state index is -0.606. The molecule has 0 aliphatic carbocycles. The molecular weight excluding hydrogens is 515 g/mol. The van der Waals surface area contributed by atoms with E-state index < -0.39 is 11.4 Å². The first-order valence-corrected chi connectivity index (χ1v) is 13.2. The van der Waals surface area contributed by atoms with E-state index in [0.29, 0.717) is 28.3 Å². The molecule has 0 saturated carbocycles. The molecule has 0 aliphatic heterocycles. The van der Waals surface area contributed by atoms with Crippen LogP contribution in [0.15, 0.2) is 88.5 Å². The molecule has 9 heteroatoms. The van der Waals surface area contributed by atoms with Gasteiger partial charge in [0.15, 0.2) is 17.3 Å². The number of aromatic nitrogens is 4. The Hall–Kier alpha value is -4.76. The number of halogens is 1.